The highest BCUT2D eigenvalue weighted by molar-refractivity contribution is 5.99. The van der Waals surface area contributed by atoms with Crippen molar-refractivity contribution in [2.24, 2.45) is 0 Å². The number of H-pyrrole nitrogens is 1. The molecule has 2 heterocycles. The van der Waals surface area contributed by atoms with Gasteiger partial charge in [-0.25, -0.2) is 4.98 Å². The van der Waals surface area contributed by atoms with Crippen molar-refractivity contribution in [3.8, 4) is 0 Å². The summed E-state index contributed by atoms with van der Waals surface area (Å²) in [5, 5.41) is 4.13. The molecule has 0 radical (unpaired) electrons. The Bertz CT molecular complexity index is 1120. The van der Waals surface area contributed by atoms with E-state index in [1.54, 1.807) is 0 Å². The standard InChI is InChI=1S/C21H22N4O/c1-13-14(2)23-18-9-8-16(12-17(13)18)21(26)22-10-11-25-15(3)24-19-6-4-5-7-20(19)25/h4-9,12,23H,10-11H2,1-3H3,(H,22,26). The summed E-state index contributed by atoms with van der Waals surface area (Å²) >= 11 is 0. The number of rotatable bonds is 4. The molecule has 2 aromatic carbocycles. The molecule has 26 heavy (non-hydrogen) atoms. The van der Waals surface area contributed by atoms with Gasteiger partial charge in [-0.3, -0.25) is 4.79 Å². The molecule has 4 rings (SSSR count). The number of carbonyl (C=O) groups is 1. The zero-order valence-corrected chi connectivity index (χ0v) is 15.3. The third-order valence-corrected chi connectivity index (χ3v) is 5.04. The van der Waals surface area contributed by atoms with Gasteiger partial charge in [0.2, 0.25) is 0 Å². The average molecular weight is 346 g/mol. The number of amides is 1. The highest BCUT2D eigenvalue weighted by atomic mass is 16.1. The Morgan fingerprint density at radius 1 is 1.15 bits per heavy atom. The lowest BCUT2D eigenvalue weighted by Crippen LogP contribution is -2.27. The van der Waals surface area contributed by atoms with Crippen molar-refractivity contribution in [2.75, 3.05) is 6.54 Å². The first-order valence-electron chi connectivity index (χ1n) is 8.83. The first-order chi connectivity index (χ1) is 12.5. The molecule has 0 aliphatic heterocycles. The lowest BCUT2D eigenvalue weighted by atomic mass is 10.1. The van der Waals surface area contributed by atoms with E-state index in [0.29, 0.717) is 18.7 Å². The Hall–Kier alpha value is -3.08. The van der Waals surface area contributed by atoms with Gasteiger partial charge in [-0.2, -0.15) is 0 Å². The minimum atomic E-state index is -0.0489. The molecule has 2 aromatic heterocycles. The van der Waals surface area contributed by atoms with Crippen LogP contribution in [-0.4, -0.2) is 27.0 Å². The molecular formula is C21H22N4O. The molecule has 0 aliphatic carbocycles. The van der Waals surface area contributed by atoms with Crippen LogP contribution in [0.15, 0.2) is 42.5 Å². The van der Waals surface area contributed by atoms with Crippen LogP contribution < -0.4 is 5.32 Å². The zero-order chi connectivity index (χ0) is 18.3. The number of imidazole rings is 1. The Kier molecular flexibility index (Phi) is 3.99. The van der Waals surface area contributed by atoms with E-state index in [-0.39, 0.29) is 5.91 Å². The van der Waals surface area contributed by atoms with Gasteiger partial charge >= 0.3 is 0 Å². The van der Waals surface area contributed by atoms with Gasteiger partial charge in [0.1, 0.15) is 5.82 Å². The fraction of sp³-hybridized carbons (Fsp3) is 0.238. The van der Waals surface area contributed by atoms with E-state index in [9.17, 15) is 4.79 Å². The van der Waals surface area contributed by atoms with E-state index in [0.717, 1.165) is 33.5 Å². The second-order valence-electron chi connectivity index (χ2n) is 6.69. The maximum atomic E-state index is 12.5. The lowest BCUT2D eigenvalue weighted by molar-refractivity contribution is 0.0952. The number of fused-ring (bicyclic) bond motifs is 2. The maximum absolute atomic E-state index is 12.5. The van der Waals surface area contributed by atoms with Crippen LogP contribution in [0.1, 0.15) is 27.4 Å². The second kappa shape index (κ2) is 6.33. The topological polar surface area (TPSA) is 62.7 Å². The summed E-state index contributed by atoms with van der Waals surface area (Å²) in [5.74, 6) is 0.910. The van der Waals surface area contributed by atoms with Gasteiger partial charge in [-0.15, -0.1) is 0 Å². The number of hydrogen-bond donors (Lipinski definition) is 2. The van der Waals surface area contributed by atoms with Crippen molar-refractivity contribution >= 4 is 27.8 Å². The average Bonchev–Trinajstić information content (AvgIpc) is 3.11. The molecule has 0 saturated carbocycles. The molecule has 0 aliphatic rings. The van der Waals surface area contributed by atoms with E-state index >= 15 is 0 Å². The quantitative estimate of drug-likeness (QED) is 0.589. The summed E-state index contributed by atoms with van der Waals surface area (Å²) in [5.41, 5.74) is 6.17. The minimum absolute atomic E-state index is 0.0489. The number of aryl methyl sites for hydroxylation is 3. The van der Waals surface area contributed by atoms with Crippen molar-refractivity contribution in [3.05, 3.63) is 65.1 Å². The summed E-state index contributed by atoms with van der Waals surface area (Å²) in [7, 11) is 0. The number of para-hydroxylation sites is 2. The van der Waals surface area contributed by atoms with E-state index in [4.69, 9.17) is 0 Å². The largest absolute Gasteiger partial charge is 0.358 e. The molecule has 132 valence electrons. The molecule has 4 aromatic rings. The second-order valence-corrected chi connectivity index (χ2v) is 6.69. The predicted octanol–water partition coefficient (Wildman–Crippen LogP) is 3.87. The molecule has 2 N–H and O–H groups in total. The Morgan fingerprint density at radius 3 is 2.81 bits per heavy atom. The molecular weight excluding hydrogens is 324 g/mol. The molecule has 5 nitrogen and oxygen atoms in total. The van der Waals surface area contributed by atoms with E-state index in [2.05, 4.69) is 32.8 Å². The molecule has 0 unspecified atom stereocenters. The lowest BCUT2D eigenvalue weighted by Gasteiger charge is -2.09. The molecule has 0 saturated heterocycles. The van der Waals surface area contributed by atoms with Crippen LogP contribution >= 0.6 is 0 Å². The molecule has 0 spiro atoms. The van der Waals surface area contributed by atoms with Crippen molar-refractivity contribution in [1.29, 1.82) is 0 Å². The molecule has 5 heteroatoms. The van der Waals surface area contributed by atoms with E-state index in [1.165, 1.54) is 5.56 Å². The molecule has 0 fully saturated rings. The number of aromatic nitrogens is 3. The van der Waals surface area contributed by atoms with Crippen LogP contribution in [-0.2, 0) is 6.54 Å². The number of carbonyl (C=O) groups excluding carboxylic acids is 1. The Morgan fingerprint density at radius 2 is 1.96 bits per heavy atom. The van der Waals surface area contributed by atoms with Gasteiger partial charge in [-0.1, -0.05) is 12.1 Å². The van der Waals surface area contributed by atoms with Crippen LogP contribution in [0.2, 0.25) is 0 Å². The monoisotopic (exact) mass is 346 g/mol. The summed E-state index contributed by atoms with van der Waals surface area (Å²) in [6.07, 6.45) is 0. The summed E-state index contributed by atoms with van der Waals surface area (Å²) < 4.78 is 2.14. The van der Waals surface area contributed by atoms with Crippen molar-refractivity contribution in [1.82, 2.24) is 19.9 Å². The van der Waals surface area contributed by atoms with Crippen molar-refractivity contribution in [2.45, 2.75) is 27.3 Å². The van der Waals surface area contributed by atoms with Crippen LogP contribution in [0, 0.1) is 20.8 Å². The van der Waals surface area contributed by atoms with E-state index in [1.807, 2.05) is 50.2 Å². The molecule has 0 bridgehead atoms. The Labute approximate surface area is 152 Å². The summed E-state index contributed by atoms with van der Waals surface area (Å²) in [6, 6.07) is 13.9. The minimum Gasteiger partial charge on any atom is -0.358 e. The molecule has 0 atom stereocenters. The van der Waals surface area contributed by atoms with Gasteiger partial charge in [0.25, 0.3) is 5.91 Å². The van der Waals surface area contributed by atoms with Crippen molar-refractivity contribution < 1.29 is 4.79 Å². The van der Waals surface area contributed by atoms with Gasteiger partial charge in [0.15, 0.2) is 0 Å². The highest BCUT2D eigenvalue weighted by Crippen LogP contribution is 2.22. The van der Waals surface area contributed by atoms with E-state index < -0.39 is 0 Å². The van der Waals surface area contributed by atoms with Crippen LogP contribution in [0.3, 0.4) is 0 Å². The molecule has 1 amide bonds. The zero-order valence-electron chi connectivity index (χ0n) is 15.3. The van der Waals surface area contributed by atoms with Gasteiger partial charge in [0.05, 0.1) is 11.0 Å². The number of hydrogen-bond acceptors (Lipinski definition) is 2. The number of nitrogens with zero attached hydrogens (tertiary/aromatic N) is 2. The van der Waals surface area contributed by atoms with Gasteiger partial charge in [0, 0.05) is 35.2 Å². The summed E-state index contributed by atoms with van der Waals surface area (Å²) in [6.45, 7) is 7.37. The number of aromatic amines is 1. The predicted molar refractivity (Wildman–Crippen MR) is 105 cm³/mol. The third-order valence-electron chi connectivity index (χ3n) is 5.04. The first-order valence-corrected chi connectivity index (χ1v) is 8.83. The normalized spacial score (nSPS) is 11.3. The van der Waals surface area contributed by atoms with Crippen molar-refractivity contribution in [3.63, 3.8) is 0 Å². The summed E-state index contributed by atoms with van der Waals surface area (Å²) in [4.78, 5) is 20.4. The van der Waals surface area contributed by atoms with Gasteiger partial charge in [-0.05, 0) is 56.7 Å². The van der Waals surface area contributed by atoms with Crippen LogP contribution in [0.5, 0.6) is 0 Å². The third kappa shape index (κ3) is 2.75. The fourth-order valence-electron chi connectivity index (χ4n) is 3.46. The van der Waals surface area contributed by atoms with Crippen LogP contribution in [0.4, 0.5) is 0 Å². The number of nitrogens with one attached hydrogen (secondary N) is 2. The van der Waals surface area contributed by atoms with Crippen LogP contribution in [0.25, 0.3) is 21.9 Å². The van der Waals surface area contributed by atoms with Gasteiger partial charge < -0.3 is 14.9 Å². The maximum Gasteiger partial charge on any atom is 0.251 e. The SMILES string of the molecule is Cc1[nH]c2ccc(C(=O)NCCn3c(C)nc4ccccc43)cc2c1C. The fourth-order valence-corrected chi connectivity index (χ4v) is 3.46. The number of benzene rings is 2. The smallest absolute Gasteiger partial charge is 0.251 e. The highest BCUT2D eigenvalue weighted by Gasteiger charge is 2.11. The first kappa shape index (κ1) is 16.4. The Balaban J connectivity index is 1.48.